The van der Waals surface area contributed by atoms with Gasteiger partial charge in [-0.3, -0.25) is 0 Å². The van der Waals surface area contributed by atoms with Crippen molar-refractivity contribution in [2.75, 3.05) is 6.54 Å². The lowest BCUT2D eigenvalue weighted by Crippen LogP contribution is -2.28. The Morgan fingerprint density at radius 3 is 2.94 bits per heavy atom. The summed E-state index contributed by atoms with van der Waals surface area (Å²) in [4.78, 5) is 1.43. The predicted molar refractivity (Wildman–Crippen MR) is 74.8 cm³/mol. The van der Waals surface area contributed by atoms with E-state index in [9.17, 15) is 0 Å². The van der Waals surface area contributed by atoms with Gasteiger partial charge in [0, 0.05) is 21.3 Å². The number of thiophene rings is 1. The van der Waals surface area contributed by atoms with E-state index >= 15 is 0 Å². The molecule has 1 aliphatic carbocycles. The summed E-state index contributed by atoms with van der Waals surface area (Å²) in [6, 6.07) is 2.21. The van der Waals surface area contributed by atoms with Crippen molar-refractivity contribution in [3.8, 4) is 0 Å². The molecule has 90 valence electrons. The molecule has 3 heteroatoms. The lowest BCUT2D eigenvalue weighted by molar-refractivity contribution is 0.248. The zero-order valence-corrected chi connectivity index (χ0v) is 12.2. The van der Waals surface area contributed by atoms with Crippen molar-refractivity contribution in [2.24, 2.45) is 11.8 Å². The standard InChI is InChI=1S/C13H20BrNS/c1-10-4-2-3-5-11(10)7-15-8-13-6-12(14)9-16-13/h6,9-11,15H,2-5,7-8H2,1H3. The first kappa shape index (κ1) is 12.6. The van der Waals surface area contributed by atoms with E-state index in [4.69, 9.17) is 0 Å². The maximum atomic E-state index is 3.60. The van der Waals surface area contributed by atoms with Crippen molar-refractivity contribution in [3.63, 3.8) is 0 Å². The summed E-state index contributed by atoms with van der Waals surface area (Å²) in [5.74, 6) is 1.81. The van der Waals surface area contributed by atoms with Gasteiger partial charge >= 0.3 is 0 Å². The number of rotatable bonds is 4. The SMILES string of the molecule is CC1CCCCC1CNCc1cc(Br)cs1. The number of halogens is 1. The highest BCUT2D eigenvalue weighted by atomic mass is 79.9. The molecule has 2 unspecified atom stereocenters. The molecule has 0 spiro atoms. The van der Waals surface area contributed by atoms with Crippen LogP contribution in [0.1, 0.15) is 37.5 Å². The Kier molecular flexibility index (Phi) is 4.86. The quantitative estimate of drug-likeness (QED) is 0.868. The molecular formula is C13H20BrNS. The normalized spacial score (nSPS) is 25.9. The van der Waals surface area contributed by atoms with Gasteiger partial charge in [-0.15, -0.1) is 11.3 Å². The largest absolute Gasteiger partial charge is 0.312 e. The van der Waals surface area contributed by atoms with Gasteiger partial charge in [0.25, 0.3) is 0 Å². The fourth-order valence-corrected chi connectivity index (χ4v) is 3.94. The second-order valence-corrected chi connectivity index (χ2v) is 6.80. The van der Waals surface area contributed by atoms with E-state index in [0.717, 1.165) is 18.4 Å². The topological polar surface area (TPSA) is 12.0 Å². The van der Waals surface area contributed by atoms with Gasteiger partial charge in [0.2, 0.25) is 0 Å². The molecule has 1 aliphatic rings. The molecule has 0 amide bonds. The molecule has 1 nitrogen and oxygen atoms in total. The maximum absolute atomic E-state index is 3.60. The van der Waals surface area contributed by atoms with Crippen molar-refractivity contribution in [1.29, 1.82) is 0 Å². The van der Waals surface area contributed by atoms with Crippen LogP contribution in [0.2, 0.25) is 0 Å². The van der Waals surface area contributed by atoms with Crippen LogP contribution in [-0.4, -0.2) is 6.54 Å². The molecule has 0 radical (unpaired) electrons. The van der Waals surface area contributed by atoms with Crippen LogP contribution in [0.15, 0.2) is 15.9 Å². The first-order valence-corrected chi connectivity index (χ1v) is 7.86. The molecule has 1 heterocycles. The van der Waals surface area contributed by atoms with E-state index in [1.807, 2.05) is 11.3 Å². The molecule has 2 atom stereocenters. The molecule has 16 heavy (non-hydrogen) atoms. The molecule has 0 saturated heterocycles. The summed E-state index contributed by atoms with van der Waals surface area (Å²) in [6.07, 6.45) is 5.72. The highest BCUT2D eigenvalue weighted by molar-refractivity contribution is 9.10. The highest BCUT2D eigenvalue weighted by Gasteiger charge is 2.20. The molecule has 1 saturated carbocycles. The van der Waals surface area contributed by atoms with Gasteiger partial charge in [0.05, 0.1) is 0 Å². The van der Waals surface area contributed by atoms with Crippen LogP contribution in [0.5, 0.6) is 0 Å². The van der Waals surface area contributed by atoms with Crippen molar-refractivity contribution in [3.05, 3.63) is 20.8 Å². The fourth-order valence-electron chi connectivity index (χ4n) is 2.52. The average molecular weight is 302 g/mol. The van der Waals surface area contributed by atoms with E-state index in [1.165, 1.54) is 41.6 Å². The minimum Gasteiger partial charge on any atom is -0.312 e. The minimum atomic E-state index is 0.900. The van der Waals surface area contributed by atoms with Gasteiger partial charge in [-0.1, -0.05) is 26.2 Å². The zero-order chi connectivity index (χ0) is 11.4. The van der Waals surface area contributed by atoms with Gasteiger partial charge in [0.15, 0.2) is 0 Å². The first-order chi connectivity index (χ1) is 7.75. The number of hydrogen-bond acceptors (Lipinski definition) is 2. The predicted octanol–water partition coefficient (Wildman–Crippen LogP) is 4.43. The third-order valence-corrected chi connectivity index (χ3v) is 5.31. The van der Waals surface area contributed by atoms with Crippen molar-refractivity contribution in [2.45, 2.75) is 39.2 Å². The van der Waals surface area contributed by atoms with E-state index in [2.05, 4.69) is 39.6 Å². The molecule has 1 aromatic heterocycles. The molecule has 2 rings (SSSR count). The van der Waals surface area contributed by atoms with Crippen LogP contribution >= 0.6 is 27.3 Å². The van der Waals surface area contributed by atoms with Gasteiger partial charge in [-0.2, -0.15) is 0 Å². The second-order valence-electron chi connectivity index (χ2n) is 4.88. The smallest absolute Gasteiger partial charge is 0.0300 e. The number of nitrogens with one attached hydrogen (secondary N) is 1. The minimum absolute atomic E-state index is 0.900. The van der Waals surface area contributed by atoms with Crippen LogP contribution in [0.4, 0.5) is 0 Å². The van der Waals surface area contributed by atoms with E-state index in [-0.39, 0.29) is 0 Å². The molecule has 1 aromatic rings. The van der Waals surface area contributed by atoms with Crippen LogP contribution in [0.3, 0.4) is 0 Å². The van der Waals surface area contributed by atoms with Gasteiger partial charge < -0.3 is 5.32 Å². The Balaban J connectivity index is 1.71. The summed E-state index contributed by atoms with van der Waals surface area (Å²) in [5, 5.41) is 5.76. The second kappa shape index (κ2) is 6.18. The van der Waals surface area contributed by atoms with Crippen LogP contribution in [0.25, 0.3) is 0 Å². The van der Waals surface area contributed by atoms with Crippen LogP contribution in [0, 0.1) is 11.8 Å². The van der Waals surface area contributed by atoms with Gasteiger partial charge in [0.1, 0.15) is 0 Å². The summed E-state index contributed by atoms with van der Waals surface area (Å²) in [6.45, 7) is 4.63. The summed E-state index contributed by atoms with van der Waals surface area (Å²) in [5.41, 5.74) is 0. The highest BCUT2D eigenvalue weighted by Crippen LogP contribution is 2.29. The van der Waals surface area contributed by atoms with Crippen molar-refractivity contribution < 1.29 is 0 Å². The Labute approximate surface area is 111 Å². The van der Waals surface area contributed by atoms with Crippen LogP contribution < -0.4 is 5.32 Å². The third kappa shape index (κ3) is 3.57. The van der Waals surface area contributed by atoms with Crippen molar-refractivity contribution >= 4 is 27.3 Å². The van der Waals surface area contributed by atoms with Crippen molar-refractivity contribution in [1.82, 2.24) is 5.32 Å². The molecule has 0 aromatic carbocycles. The fraction of sp³-hybridized carbons (Fsp3) is 0.692. The average Bonchev–Trinajstić information content (AvgIpc) is 2.67. The van der Waals surface area contributed by atoms with Crippen LogP contribution in [-0.2, 0) is 6.54 Å². The summed E-state index contributed by atoms with van der Waals surface area (Å²) < 4.78 is 1.21. The Hall–Kier alpha value is 0.140. The third-order valence-electron chi connectivity index (χ3n) is 3.62. The Morgan fingerprint density at radius 2 is 2.25 bits per heavy atom. The molecule has 1 N–H and O–H groups in total. The molecule has 0 aliphatic heterocycles. The number of hydrogen-bond donors (Lipinski definition) is 1. The lowest BCUT2D eigenvalue weighted by atomic mass is 9.80. The van der Waals surface area contributed by atoms with E-state index < -0.39 is 0 Å². The Morgan fingerprint density at radius 1 is 1.44 bits per heavy atom. The molecular weight excluding hydrogens is 282 g/mol. The summed E-state index contributed by atoms with van der Waals surface area (Å²) in [7, 11) is 0. The Bertz CT molecular complexity index is 323. The van der Waals surface area contributed by atoms with Gasteiger partial charge in [-0.05, 0) is 46.8 Å². The zero-order valence-electron chi connectivity index (χ0n) is 9.84. The monoisotopic (exact) mass is 301 g/mol. The summed E-state index contributed by atoms with van der Waals surface area (Å²) >= 11 is 5.32. The first-order valence-electron chi connectivity index (χ1n) is 6.19. The van der Waals surface area contributed by atoms with E-state index in [0.29, 0.717) is 0 Å². The van der Waals surface area contributed by atoms with Gasteiger partial charge in [-0.25, -0.2) is 0 Å². The maximum Gasteiger partial charge on any atom is 0.0300 e. The van der Waals surface area contributed by atoms with E-state index in [1.54, 1.807) is 0 Å². The lowest BCUT2D eigenvalue weighted by Gasteiger charge is -2.28. The molecule has 0 bridgehead atoms. The molecule has 1 fully saturated rings.